The van der Waals surface area contributed by atoms with Gasteiger partial charge in [-0.3, -0.25) is 4.79 Å². The van der Waals surface area contributed by atoms with Gasteiger partial charge in [0, 0.05) is 6.42 Å². The monoisotopic (exact) mass is 818 g/mol. The number of carbonyl (C=O) groups is 1. The minimum Gasteiger partial charge on any atom is -0.394 e. The molecule has 0 spiro atoms. The van der Waals surface area contributed by atoms with Gasteiger partial charge in [-0.1, -0.05) is 276 Å². The molecule has 0 aliphatic carbocycles. The van der Waals surface area contributed by atoms with E-state index in [1.807, 2.05) is 0 Å². The molecular formula is C54H107NO3. The Morgan fingerprint density at radius 2 is 0.655 bits per heavy atom. The zero-order chi connectivity index (χ0) is 42.1. The average Bonchev–Trinajstić information content (AvgIpc) is 3.23. The fourth-order valence-electron chi connectivity index (χ4n) is 8.65. The molecule has 4 nitrogen and oxygen atoms in total. The predicted molar refractivity (Wildman–Crippen MR) is 258 cm³/mol. The maximum absolute atomic E-state index is 12.4. The van der Waals surface area contributed by atoms with Crippen molar-refractivity contribution in [3.63, 3.8) is 0 Å². The third kappa shape index (κ3) is 46.2. The molecule has 58 heavy (non-hydrogen) atoms. The summed E-state index contributed by atoms with van der Waals surface area (Å²) in [6.45, 7) is 4.39. The summed E-state index contributed by atoms with van der Waals surface area (Å²) in [5.41, 5.74) is 0. The topological polar surface area (TPSA) is 69.6 Å². The van der Waals surface area contributed by atoms with Crippen molar-refractivity contribution in [2.75, 3.05) is 6.61 Å². The molecule has 0 heterocycles. The molecular weight excluding hydrogens is 711 g/mol. The number of aliphatic hydroxyl groups excluding tert-OH is 2. The smallest absolute Gasteiger partial charge is 0.220 e. The lowest BCUT2D eigenvalue weighted by molar-refractivity contribution is -0.123. The van der Waals surface area contributed by atoms with E-state index in [0.29, 0.717) is 12.8 Å². The molecule has 3 N–H and O–H groups in total. The van der Waals surface area contributed by atoms with Crippen molar-refractivity contribution in [2.24, 2.45) is 0 Å². The second kappa shape index (κ2) is 50.5. The molecule has 0 saturated heterocycles. The van der Waals surface area contributed by atoms with Crippen LogP contribution in [0.25, 0.3) is 0 Å². The Balaban J connectivity index is 3.39. The molecule has 0 aromatic rings. The summed E-state index contributed by atoms with van der Waals surface area (Å²) in [4.78, 5) is 12.4. The van der Waals surface area contributed by atoms with Gasteiger partial charge in [0.25, 0.3) is 0 Å². The number of allylic oxidation sites excluding steroid dienone is 2. The lowest BCUT2D eigenvalue weighted by atomic mass is 10.0. The third-order valence-electron chi connectivity index (χ3n) is 12.8. The quantitative estimate of drug-likeness (QED) is 0.0423. The first kappa shape index (κ1) is 57.1. The van der Waals surface area contributed by atoms with E-state index in [2.05, 4.69) is 31.3 Å². The fraction of sp³-hybridized carbons (Fsp3) is 0.944. The number of carbonyl (C=O) groups excluding carboxylic acids is 1. The summed E-state index contributed by atoms with van der Waals surface area (Å²) in [5, 5.41) is 23.2. The van der Waals surface area contributed by atoms with Gasteiger partial charge in [0.2, 0.25) is 5.91 Å². The summed E-state index contributed by atoms with van der Waals surface area (Å²) in [7, 11) is 0. The first-order valence-electron chi connectivity index (χ1n) is 26.9. The van der Waals surface area contributed by atoms with Crippen LogP contribution in [0.1, 0.15) is 309 Å². The molecule has 4 heteroatoms. The number of hydrogen-bond donors (Lipinski definition) is 3. The minimum absolute atomic E-state index is 0.0259. The van der Waals surface area contributed by atoms with E-state index in [4.69, 9.17) is 0 Å². The minimum atomic E-state index is -0.655. The zero-order valence-electron chi connectivity index (χ0n) is 39.8. The van der Waals surface area contributed by atoms with Crippen LogP contribution in [0.2, 0.25) is 0 Å². The fourth-order valence-corrected chi connectivity index (χ4v) is 8.65. The Hall–Kier alpha value is -0.870. The summed E-state index contributed by atoms with van der Waals surface area (Å²) < 4.78 is 0. The Bertz CT molecular complexity index is 799. The van der Waals surface area contributed by atoms with E-state index in [1.54, 1.807) is 0 Å². The highest BCUT2D eigenvalue weighted by Crippen LogP contribution is 2.17. The zero-order valence-corrected chi connectivity index (χ0v) is 39.8. The van der Waals surface area contributed by atoms with E-state index < -0.39 is 12.1 Å². The van der Waals surface area contributed by atoms with E-state index in [1.165, 1.54) is 257 Å². The van der Waals surface area contributed by atoms with Gasteiger partial charge in [-0.15, -0.1) is 0 Å². The summed E-state index contributed by atoms with van der Waals surface area (Å²) >= 11 is 0. The number of amides is 1. The first-order valence-corrected chi connectivity index (χ1v) is 26.9. The standard InChI is InChI=1S/C54H107NO3/c1-3-5-7-9-11-13-15-17-19-20-21-22-23-24-25-26-27-28-29-30-31-32-33-34-35-36-38-40-42-44-46-48-50-54(58)55-52(51-56)53(57)49-47-45-43-41-39-37-18-16-14-12-10-8-6-4-2/h24-25,52-53,56-57H,3-23,26-51H2,1-2H3,(H,55,58)/b25-24-. The Morgan fingerprint density at radius 3 is 0.948 bits per heavy atom. The Morgan fingerprint density at radius 1 is 0.397 bits per heavy atom. The largest absolute Gasteiger partial charge is 0.394 e. The normalized spacial score (nSPS) is 12.8. The second-order valence-electron chi connectivity index (χ2n) is 18.7. The molecule has 0 aliphatic heterocycles. The molecule has 0 bridgehead atoms. The molecule has 1 amide bonds. The van der Waals surface area contributed by atoms with Crippen molar-refractivity contribution in [3.8, 4) is 0 Å². The molecule has 2 atom stereocenters. The van der Waals surface area contributed by atoms with Crippen LogP contribution in [0.5, 0.6) is 0 Å². The molecule has 0 aromatic heterocycles. The highest BCUT2D eigenvalue weighted by molar-refractivity contribution is 5.76. The van der Waals surface area contributed by atoms with E-state index in [-0.39, 0.29) is 12.5 Å². The van der Waals surface area contributed by atoms with Crippen molar-refractivity contribution < 1.29 is 15.0 Å². The van der Waals surface area contributed by atoms with Crippen molar-refractivity contribution >= 4 is 5.91 Å². The highest BCUT2D eigenvalue weighted by atomic mass is 16.3. The lowest BCUT2D eigenvalue weighted by Gasteiger charge is -2.22. The average molecular weight is 818 g/mol. The number of nitrogens with one attached hydrogen (secondary N) is 1. The predicted octanol–water partition coefficient (Wildman–Crippen LogP) is 17.4. The second-order valence-corrected chi connectivity index (χ2v) is 18.7. The number of aliphatic hydroxyl groups is 2. The van der Waals surface area contributed by atoms with Crippen molar-refractivity contribution in [3.05, 3.63) is 12.2 Å². The molecule has 346 valence electrons. The Kier molecular flexibility index (Phi) is 49.7. The molecule has 0 aromatic carbocycles. The van der Waals surface area contributed by atoms with Gasteiger partial charge in [-0.25, -0.2) is 0 Å². The third-order valence-corrected chi connectivity index (χ3v) is 12.8. The van der Waals surface area contributed by atoms with Gasteiger partial charge in [0.1, 0.15) is 0 Å². The first-order chi connectivity index (χ1) is 28.7. The molecule has 0 aliphatic rings. The van der Waals surface area contributed by atoms with Crippen molar-refractivity contribution in [2.45, 2.75) is 321 Å². The van der Waals surface area contributed by atoms with Crippen LogP contribution in [-0.4, -0.2) is 34.9 Å². The van der Waals surface area contributed by atoms with Gasteiger partial charge in [-0.2, -0.15) is 0 Å². The van der Waals surface area contributed by atoms with Crippen molar-refractivity contribution in [1.29, 1.82) is 0 Å². The van der Waals surface area contributed by atoms with Gasteiger partial charge in [-0.05, 0) is 38.5 Å². The molecule has 0 fully saturated rings. The Labute approximate surface area is 365 Å². The molecule has 2 unspecified atom stereocenters. The van der Waals surface area contributed by atoms with Gasteiger partial charge >= 0.3 is 0 Å². The van der Waals surface area contributed by atoms with Gasteiger partial charge < -0.3 is 15.5 Å². The maximum atomic E-state index is 12.4. The van der Waals surface area contributed by atoms with Crippen LogP contribution in [-0.2, 0) is 4.79 Å². The van der Waals surface area contributed by atoms with E-state index in [9.17, 15) is 15.0 Å². The van der Waals surface area contributed by atoms with Crippen LogP contribution < -0.4 is 5.32 Å². The molecule has 0 saturated carbocycles. The number of hydrogen-bond acceptors (Lipinski definition) is 3. The van der Waals surface area contributed by atoms with Crippen LogP contribution in [0, 0.1) is 0 Å². The van der Waals surface area contributed by atoms with E-state index in [0.717, 1.165) is 25.7 Å². The van der Waals surface area contributed by atoms with E-state index >= 15 is 0 Å². The molecule has 0 radical (unpaired) electrons. The summed E-state index contributed by atoms with van der Waals surface area (Å²) in [5.74, 6) is -0.0259. The van der Waals surface area contributed by atoms with Gasteiger partial charge in [0.05, 0.1) is 18.8 Å². The van der Waals surface area contributed by atoms with Crippen molar-refractivity contribution in [1.82, 2.24) is 5.32 Å². The van der Waals surface area contributed by atoms with Gasteiger partial charge in [0.15, 0.2) is 0 Å². The van der Waals surface area contributed by atoms with Crippen LogP contribution >= 0.6 is 0 Å². The highest BCUT2D eigenvalue weighted by Gasteiger charge is 2.20. The van der Waals surface area contributed by atoms with Crippen LogP contribution in [0.15, 0.2) is 12.2 Å². The summed E-state index contributed by atoms with van der Waals surface area (Å²) in [6, 6.07) is -0.532. The van der Waals surface area contributed by atoms with Crippen LogP contribution in [0.3, 0.4) is 0 Å². The number of rotatable bonds is 50. The lowest BCUT2D eigenvalue weighted by Crippen LogP contribution is -2.45. The van der Waals surface area contributed by atoms with Crippen LogP contribution in [0.4, 0.5) is 0 Å². The molecule has 0 rings (SSSR count). The number of unbranched alkanes of at least 4 members (excludes halogenated alkanes) is 41. The summed E-state index contributed by atoms with van der Waals surface area (Å²) in [6.07, 6.45) is 64.8. The SMILES string of the molecule is CCCCCCCCCCCCCC/C=C\CCCCCCCCCCCCCCCCCCC(=O)NC(CO)C(O)CCCCCCCCCCCCCCCC. The maximum Gasteiger partial charge on any atom is 0.220 e.